The van der Waals surface area contributed by atoms with Crippen molar-refractivity contribution in [3.63, 3.8) is 0 Å². The number of nitrogens with zero attached hydrogens (tertiary/aromatic N) is 4. The van der Waals surface area contributed by atoms with Gasteiger partial charge in [0.05, 0.1) is 28.4 Å². The van der Waals surface area contributed by atoms with Crippen molar-refractivity contribution in [2.45, 2.75) is 6.54 Å². The average Bonchev–Trinajstić information content (AvgIpc) is 2.98. The number of fused-ring (bicyclic) bond motifs is 1. The lowest BCUT2D eigenvalue weighted by atomic mass is 10.2. The lowest BCUT2D eigenvalue weighted by Crippen LogP contribution is -2.18. The Kier molecular flexibility index (Phi) is 3.91. The molecule has 0 aliphatic rings. The summed E-state index contributed by atoms with van der Waals surface area (Å²) >= 11 is 0. The van der Waals surface area contributed by atoms with Crippen LogP contribution in [0.15, 0.2) is 48.8 Å². The number of nitrogens with one attached hydrogen (secondary N) is 1. The van der Waals surface area contributed by atoms with E-state index in [-0.39, 0.29) is 18.1 Å². The molecule has 0 fully saturated rings. The van der Waals surface area contributed by atoms with Crippen molar-refractivity contribution < 1.29 is 9.72 Å². The molecule has 2 aromatic carbocycles. The van der Waals surface area contributed by atoms with Gasteiger partial charge in [-0.15, -0.1) is 0 Å². The van der Waals surface area contributed by atoms with Gasteiger partial charge in [0.15, 0.2) is 0 Å². The average molecular weight is 321 g/mol. The van der Waals surface area contributed by atoms with Crippen LogP contribution in [0.4, 0.5) is 11.4 Å². The quantitative estimate of drug-likeness (QED) is 0.585. The maximum Gasteiger partial charge on any atom is 0.295 e. The van der Waals surface area contributed by atoms with Crippen LogP contribution in [-0.2, 0) is 11.3 Å². The molecule has 0 saturated carbocycles. The van der Waals surface area contributed by atoms with Gasteiger partial charge in [-0.2, -0.15) is 5.26 Å². The molecule has 0 radical (unpaired) electrons. The van der Waals surface area contributed by atoms with Gasteiger partial charge >= 0.3 is 0 Å². The summed E-state index contributed by atoms with van der Waals surface area (Å²) in [5.41, 5.74) is 1.69. The molecule has 24 heavy (non-hydrogen) atoms. The highest BCUT2D eigenvalue weighted by atomic mass is 16.6. The summed E-state index contributed by atoms with van der Waals surface area (Å²) in [7, 11) is 0. The second kappa shape index (κ2) is 6.18. The second-order valence-electron chi connectivity index (χ2n) is 5.01. The third-order valence-electron chi connectivity index (χ3n) is 3.43. The molecule has 1 N–H and O–H groups in total. The van der Waals surface area contributed by atoms with Crippen LogP contribution in [0, 0.1) is 21.4 Å². The Hall–Kier alpha value is -3.73. The van der Waals surface area contributed by atoms with E-state index < -0.39 is 4.92 Å². The third kappa shape index (κ3) is 2.91. The van der Waals surface area contributed by atoms with E-state index in [1.807, 2.05) is 6.07 Å². The van der Waals surface area contributed by atoms with Crippen molar-refractivity contribution >= 4 is 28.3 Å². The zero-order chi connectivity index (χ0) is 17.1. The molecule has 0 unspecified atom stereocenters. The Bertz CT molecular complexity index is 970. The van der Waals surface area contributed by atoms with Gasteiger partial charge in [0.1, 0.15) is 12.1 Å². The van der Waals surface area contributed by atoms with E-state index in [4.69, 9.17) is 5.26 Å². The number of para-hydroxylation sites is 1. The molecule has 0 aliphatic carbocycles. The number of nitriles is 1. The van der Waals surface area contributed by atoms with E-state index in [0.29, 0.717) is 22.3 Å². The van der Waals surface area contributed by atoms with Crippen molar-refractivity contribution in [3.05, 3.63) is 64.5 Å². The minimum absolute atomic E-state index is 0.101. The monoisotopic (exact) mass is 321 g/mol. The van der Waals surface area contributed by atoms with E-state index in [0.717, 1.165) is 0 Å². The Morgan fingerprint density at radius 1 is 1.29 bits per heavy atom. The molecule has 8 heteroatoms. The first-order valence-electron chi connectivity index (χ1n) is 6.97. The van der Waals surface area contributed by atoms with Crippen molar-refractivity contribution in [2.24, 2.45) is 0 Å². The Morgan fingerprint density at radius 2 is 2.04 bits per heavy atom. The van der Waals surface area contributed by atoms with Crippen LogP contribution >= 0.6 is 0 Å². The van der Waals surface area contributed by atoms with Gasteiger partial charge in [0, 0.05) is 11.8 Å². The summed E-state index contributed by atoms with van der Waals surface area (Å²) in [6, 6.07) is 13.0. The molecule has 8 nitrogen and oxygen atoms in total. The molecule has 1 aromatic heterocycles. The van der Waals surface area contributed by atoms with Crippen LogP contribution < -0.4 is 5.32 Å². The zero-order valence-corrected chi connectivity index (χ0v) is 12.3. The van der Waals surface area contributed by atoms with E-state index in [1.54, 1.807) is 36.4 Å². The summed E-state index contributed by atoms with van der Waals surface area (Å²) in [5.74, 6) is -0.350. The normalized spacial score (nSPS) is 10.3. The zero-order valence-electron chi connectivity index (χ0n) is 12.3. The van der Waals surface area contributed by atoms with Crippen LogP contribution in [-0.4, -0.2) is 20.4 Å². The van der Waals surface area contributed by atoms with Gasteiger partial charge in [-0.05, 0) is 30.3 Å². The molecule has 118 valence electrons. The summed E-state index contributed by atoms with van der Waals surface area (Å²) in [6.07, 6.45) is 1.40. The predicted octanol–water partition coefficient (Wildman–Crippen LogP) is 2.45. The number of hydrogen-bond donors (Lipinski definition) is 1. The third-order valence-corrected chi connectivity index (χ3v) is 3.43. The van der Waals surface area contributed by atoms with Crippen molar-refractivity contribution in [2.75, 3.05) is 5.32 Å². The number of nitro groups is 1. The number of imidazole rings is 1. The van der Waals surface area contributed by atoms with Gasteiger partial charge in [-0.3, -0.25) is 14.9 Å². The predicted molar refractivity (Wildman–Crippen MR) is 86.2 cm³/mol. The number of aromatic nitrogens is 2. The largest absolute Gasteiger partial charge is 0.325 e. The van der Waals surface area contributed by atoms with Crippen LogP contribution in [0.25, 0.3) is 11.0 Å². The first-order chi connectivity index (χ1) is 11.6. The van der Waals surface area contributed by atoms with E-state index >= 15 is 0 Å². The SMILES string of the molecule is N#Cc1ccc(NC(=O)Cn2cnc3cccc([N+](=O)[O-])c32)cc1. The van der Waals surface area contributed by atoms with Crippen LogP contribution in [0.3, 0.4) is 0 Å². The maximum atomic E-state index is 12.2. The Balaban J connectivity index is 1.83. The Morgan fingerprint density at radius 3 is 2.71 bits per heavy atom. The molecule has 0 aliphatic heterocycles. The highest BCUT2D eigenvalue weighted by Gasteiger charge is 2.17. The molecule has 0 bridgehead atoms. The topological polar surface area (TPSA) is 114 Å². The fourth-order valence-corrected chi connectivity index (χ4v) is 2.36. The summed E-state index contributed by atoms with van der Waals surface area (Å²) in [5, 5.41) is 22.6. The number of anilines is 1. The van der Waals surface area contributed by atoms with Crippen molar-refractivity contribution in [1.82, 2.24) is 9.55 Å². The van der Waals surface area contributed by atoms with Crippen molar-refractivity contribution in [1.29, 1.82) is 5.26 Å². The van der Waals surface area contributed by atoms with Crippen LogP contribution in [0.1, 0.15) is 5.56 Å². The fourth-order valence-electron chi connectivity index (χ4n) is 2.36. The highest BCUT2D eigenvalue weighted by Crippen LogP contribution is 2.24. The minimum atomic E-state index is -0.501. The summed E-state index contributed by atoms with van der Waals surface area (Å²) < 4.78 is 1.44. The first kappa shape index (κ1) is 15.2. The van der Waals surface area contributed by atoms with E-state index in [9.17, 15) is 14.9 Å². The van der Waals surface area contributed by atoms with Gasteiger partial charge in [0.2, 0.25) is 5.91 Å². The minimum Gasteiger partial charge on any atom is -0.325 e. The molecule has 1 amide bonds. The van der Waals surface area contributed by atoms with Crippen molar-refractivity contribution in [3.8, 4) is 6.07 Å². The number of non-ortho nitro benzene ring substituents is 1. The number of hydrogen-bond acceptors (Lipinski definition) is 5. The molecule has 1 heterocycles. The Labute approximate surface area is 136 Å². The molecular weight excluding hydrogens is 310 g/mol. The molecule has 3 rings (SSSR count). The summed E-state index contributed by atoms with van der Waals surface area (Å²) in [4.78, 5) is 26.9. The number of amides is 1. The van der Waals surface area contributed by atoms with Gasteiger partial charge in [-0.1, -0.05) is 6.07 Å². The maximum absolute atomic E-state index is 12.2. The van der Waals surface area contributed by atoms with Gasteiger partial charge in [-0.25, -0.2) is 4.98 Å². The highest BCUT2D eigenvalue weighted by molar-refractivity contribution is 5.92. The summed E-state index contributed by atoms with van der Waals surface area (Å²) in [6.45, 7) is -0.110. The van der Waals surface area contributed by atoms with E-state index in [1.165, 1.54) is 17.0 Å². The number of nitro benzene ring substituents is 1. The lowest BCUT2D eigenvalue weighted by Gasteiger charge is -2.07. The molecule has 0 atom stereocenters. The number of carbonyl (C=O) groups is 1. The first-order valence-corrected chi connectivity index (χ1v) is 6.97. The molecular formula is C16H11N5O3. The second-order valence-corrected chi connectivity index (χ2v) is 5.01. The van der Waals surface area contributed by atoms with E-state index in [2.05, 4.69) is 10.3 Å². The standard InChI is InChI=1S/C16H11N5O3/c17-8-11-4-6-12(7-5-11)19-15(22)9-20-10-18-13-2-1-3-14(16(13)20)21(23)24/h1-7,10H,9H2,(H,19,22). The van der Waals surface area contributed by atoms with Crippen LogP contribution in [0.2, 0.25) is 0 Å². The lowest BCUT2D eigenvalue weighted by molar-refractivity contribution is -0.383. The molecule has 0 spiro atoms. The molecule has 0 saturated heterocycles. The van der Waals surface area contributed by atoms with Gasteiger partial charge in [0.25, 0.3) is 5.69 Å². The molecule has 3 aromatic rings. The number of rotatable bonds is 4. The fraction of sp³-hybridized carbons (Fsp3) is 0.0625. The number of carbonyl (C=O) groups excluding carboxylic acids is 1. The van der Waals surface area contributed by atoms with Gasteiger partial charge < -0.3 is 9.88 Å². The van der Waals surface area contributed by atoms with Crippen LogP contribution in [0.5, 0.6) is 0 Å². The number of benzene rings is 2. The smallest absolute Gasteiger partial charge is 0.295 e.